The molecular formula is C13H22ClFN4. The van der Waals surface area contributed by atoms with Gasteiger partial charge in [-0.05, 0) is 52.1 Å². The van der Waals surface area contributed by atoms with Crippen molar-refractivity contribution in [2.75, 3.05) is 6.54 Å². The molecule has 0 aromatic rings. The van der Waals surface area contributed by atoms with Gasteiger partial charge in [-0.2, -0.15) is 0 Å². The lowest BCUT2D eigenvalue weighted by Gasteiger charge is -2.47. The monoisotopic (exact) mass is 288 g/mol. The van der Waals surface area contributed by atoms with Crippen LogP contribution in [-0.4, -0.2) is 29.0 Å². The number of rotatable bonds is 2. The number of aliphatic imine (C=N–C) groups is 1. The third kappa shape index (κ3) is 3.83. The van der Waals surface area contributed by atoms with Crippen LogP contribution in [0.5, 0.6) is 0 Å². The zero-order valence-electron chi connectivity index (χ0n) is 11.9. The van der Waals surface area contributed by atoms with E-state index in [1.54, 1.807) is 0 Å². The minimum absolute atomic E-state index is 0.00588. The molecule has 0 atom stereocenters. The predicted molar refractivity (Wildman–Crippen MR) is 76.9 cm³/mol. The van der Waals surface area contributed by atoms with Gasteiger partial charge in [0.1, 0.15) is 5.82 Å². The quantitative estimate of drug-likeness (QED) is 0.683. The van der Waals surface area contributed by atoms with Crippen LogP contribution in [-0.2, 0) is 0 Å². The standard InChI is InChI=1S/C13H22ClFN4/c1-12(2)5-8(6-13(3,4)19-12)17-10-9(15)7-16-11(14)18-10/h8,17,19H,5-7H2,1-4H3,(H,16,18). The van der Waals surface area contributed by atoms with Gasteiger partial charge in [-0.3, -0.25) is 4.99 Å². The van der Waals surface area contributed by atoms with Crippen molar-refractivity contribution in [1.82, 2.24) is 16.0 Å². The Balaban J connectivity index is 2.07. The van der Waals surface area contributed by atoms with Crippen molar-refractivity contribution in [2.24, 2.45) is 4.99 Å². The first kappa shape index (κ1) is 14.6. The molecule has 0 aliphatic carbocycles. The number of nitrogens with one attached hydrogen (secondary N) is 3. The zero-order valence-corrected chi connectivity index (χ0v) is 12.7. The summed E-state index contributed by atoms with van der Waals surface area (Å²) < 4.78 is 13.7. The SMILES string of the molecule is CC1(C)CC(NC2=C(F)CN=C(Cl)N2)CC(C)(C)N1. The normalized spacial score (nSPS) is 26.7. The minimum Gasteiger partial charge on any atom is -0.366 e. The summed E-state index contributed by atoms with van der Waals surface area (Å²) in [6.45, 7) is 8.66. The molecule has 0 aromatic carbocycles. The van der Waals surface area contributed by atoms with Crippen molar-refractivity contribution < 1.29 is 4.39 Å². The van der Waals surface area contributed by atoms with Gasteiger partial charge in [-0.25, -0.2) is 4.39 Å². The molecule has 0 bridgehead atoms. The fraction of sp³-hybridized carbons (Fsp3) is 0.769. The first-order chi connectivity index (χ1) is 8.67. The van der Waals surface area contributed by atoms with Crippen LogP contribution < -0.4 is 16.0 Å². The van der Waals surface area contributed by atoms with Crippen molar-refractivity contribution in [3.63, 3.8) is 0 Å². The van der Waals surface area contributed by atoms with E-state index in [-0.39, 0.29) is 34.8 Å². The summed E-state index contributed by atoms with van der Waals surface area (Å²) in [4.78, 5) is 3.80. The topological polar surface area (TPSA) is 48.5 Å². The van der Waals surface area contributed by atoms with Crippen LogP contribution in [0.2, 0.25) is 0 Å². The van der Waals surface area contributed by atoms with Crippen molar-refractivity contribution in [1.29, 1.82) is 0 Å². The molecule has 1 saturated heterocycles. The van der Waals surface area contributed by atoms with Crippen LogP contribution in [0.15, 0.2) is 16.6 Å². The summed E-state index contributed by atoms with van der Waals surface area (Å²) in [6, 6.07) is 0.196. The molecule has 2 aliphatic rings. The van der Waals surface area contributed by atoms with Crippen LogP contribution >= 0.6 is 11.6 Å². The Bertz CT molecular complexity index is 412. The van der Waals surface area contributed by atoms with E-state index in [9.17, 15) is 4.39 Å². The summed E-state index contributed by atoms with van der Waals surface area (Å²) in [7, 11) is 0. The number of halogens is 2. The fourth-order valence-electron chi connectivity index (χ4n) is 3.17. The van der Waals surface area contributed by atoms with E-state index in [1.165, 1.54) is 0 Å². The number of amidine groups is 1. The van der Waals surface area contributed by atoms with E-state index in [4.69, 9.17) is 11.6 Å². The van der Waals surface area contributed by atoms with Gasteiger partial charge in [0, 0.05) is 17.1 Å². The molecule has 2 heterocycles. The molecule has 2 aliphatic heterocycles. The third-order valence-corrected chi connectivity index (χ3v) is 3.61. The summed E-state index contributed by atoms with van der Waals surface area (Å²) in [5, 5.41) is 9.83. The van der Waals surface area contributed by atoms with E-state index >= 15 is 0 Å². The van der Waals surface area contributed by atoms with Crippen molar-refractivity contribution in [3.05, 3.63) is 11.6 Å². The molecule has 0 unspecified atom stereocenters. The van der Waals surface area contributed by atoms with Crippen molar-refractivity contribution in [3.8, 4) is 0 Å². The van der Waals surface area contributed by atoms with Gasteiger partial charge in [-0.15, -0.1) is 0 Å². The Morgan fingerprint density at radius 2 is 1.84 bits per heavy atom. The van der Waals surface area contributed by atoms with Gasteiger partial charge >= 0.3 is 0 Å². The van der Waals surface area contributed by atoms with Crippen LogP contribution in [0.4, 0.5) is 4.39 Å². The largest absolute Gasteiger partial charge is 0.366 e. The van der Waals surface area contributed by atoms with Crippen LogP contribution in [0.1, 0.15) is 40.5 Å². The maximum absolute atomic E-state index is 13.7. The number of hydrogen-bond donors (Lipinski definition) is 3. The Kier molecular flexibility index (Phi) is 3.80. The van der Waals surface area contributed by atoms with Crippen molar-refractivity contribution >= 4 is 16.9 Å². The zero-order chi connectivity index (χ0) is 14.3. The number of hydrogen-bond acceptors (Lipinski definition) is 4. The van der Waals surface area contributed by atoms with Gasteiger partial charge in [0.15, 0.2) is 11.1 Å². The van der Waals surface area contributed by atoms with E-state index < -0.39 is 0 Å². The first-order valence-electron chi connectivity index (χ1n) is 6.58. The molecule has 0 aromatic heterocycles. The summed E-state index contributed by atoms with van der Waals surface area (Å²) in [5.41, 5.74) is 0.0337. The Morgan fingerprint density at radius 1 is 1.26 bits per heavy atom. The molecule has 2 rings (SSSR count). The van der Waals surface area contributed by atoms with Crippen LogP contribution in [0, 0.1) is 0 Å². The van der Waals surface area contributed by atoms with E-state index in [1.807, 2.05) is 0 Å². The molecule has 108 valence electrons. The smallest absolute Gasteiger partial charge is 0.197 e. The first-order valence-corrected chi connectivity index (χ1v) is 6.96. The summed E-state index contributed by atoms with van der Waals surface area (Å²) >= 11 is 5.79. The molecule has 4 nitrogen and oxygen atoms in total. The van der Waals surface area contributed by atoms with Gasteiger partial charge in [0.25, 0.3) is 0 Å². The van der Waals surface area contributed by atoms with Gasteiger partial charge in [-0.1, -0.05) is 0 Å². The summed E-state index contributed by atoms with van der Waals surface area (Å²) in [5.74, 6) is 0.0667. The highest BCUT2D eigenvalue weighted by molar-refractivity contribution is 6.65. The molecule has 0 spiro atoms. The molecule has 0 saturated carbocycles. The van der Waals surface area contributed by atoms with Gasteiger partial charge < -0.3 is 16.0 Å². The lowest BCUT2D eigenvalue weighted by atomic mass is 9.79. The third-order valence-electron chi connectivity index (χ3n) is 3.39. The lowest BCUT2D eigenvalue weighted by molar-refractivity contribution is 0.150. The minimum atomic E-state index is -0.293. The predicted octanol–water partition coefficient (Wildman–Crippen LogP) is 2.22. The molecule has 1 fully saturated rings. The van der Waals surface area contributed by atoms with Gasteiger partial charge in [0.05, 0.1) is 6.54 Å². The molecule has 6 heteroatoms. The average molecular weight is 289 g/mol. The maximum Gasteiger partial charge on any atom is 0.197 e. The van der Waals surface area contributed by atoms with Gasteiger partial charge in [0.2, 0.25) is 0 Å². The molecule has 0 amide bonds. The highest BCUT2D eigenvalue weighted by atomic mass is 35.5. The Hall–Kier alpha value is -0.810. The average Bonchev–Trinajstić information content (AvgIpc) is 2.18. The Morgan fingerprint density at radius 3 is 2.42 bits per heavy atom. The van der Waals surface area contributed by atoms with E-state index in [0.29, 0.717) is 5.82 Å². The fourth-order valence-corrected chi connectivity index (χ4v) is 3.33. The Labute approximate surface area is 118 Å². The second-order valence-corrected chi connectivity index (χ2v) is 7.01. The number of piperidine rings is 1. The number of nitrogens with zero attached hydrogens (tertiary/aromatic N) is 1. The van der Waals surface area contributed by atoms with Crippen LogP contribution in [0.3, 0.4) is 0 Å². The highest BCUT2D eigenvalue weighted by Crippen LogP contribution is 2.29. The highest BCUT2D eigenvalue weighted by Gasteiger charge is 2.38. The van der Waals surface area contributed by atoms with E-state index in [2.05, 4.69) is 48.6 Å². The summed E-state index contributed by atoms with van der Waals surface area (Å²) in [6.07, 6.45) is 1.84. The van der Waals surface area contributed by atoms with Crippen molar-refractivity contribution in [2.45, 2.75) is 57.7 Å². The second kappa shape index (κ2) is 4.94. The maximum atomic E-state index is 13.7. The second-order valence-electron chi connectivity index (χ2n) is 6.65. The molecule has 3 N–H and O–H groups in total. The van der Waals surface area contributed by atoms with E-state index in [0.717, 1.165) is 12.8 Å². The molecule has 0 radical (unpaired) electrons. The van der Waals surface area contributed by atoms with Crippen LogP contribution in [0.25, 0.3) is 0 Å². The lowest BCUT2D eigenvalue weighted by Crippen LogP contribution is -2.62. The molecule has 19 heavy (non-hydrogen) atoms. The molecular weight excluding hydrogens is 267 g/mol.